The van der Waals surface area contributed by atoms with Crippen LogP contribution in [0.2, 0.25) is 0 Å². The zero-order valence-corrected chi connectivity index (χ0v) is 19.4. The van der Waals surface area contributed by atoms with Crippen LogP contribution >= 0.6 is 0 Å². The highest BCUT2D eigenvalue weighted by atomic mass is 32.2. The minimum Gasteiger partial charge on any atom is -0.353 e. The lowest BCUT2D eigenvalue weighted by atomic mass is 9.93. The maximum Gasteiger partial charge on any atom is 0.230 e. The molecule has 0 saturated carbocycles. The van der Waals surface area contributed by atoms with Gasteiger partial charge in [-0.05, 0) is 44.6 Å². The van der Waals surface area contributed by atoms with E-state index in [0.717, 1.165) is 24.8 Å². The van der Waals surface area contributed by atoms with E-state index < -0.39 is 10.0 Å². The van der Waals surface area contributed by atoms with Crippen LogP contribution in [0.1, 0.15) is 57.4 Å². The molecule has 2 fully saturated rings. The number of carbonyl (C=O) groups excluding carboxylic acids is 2. The summed E-state index contributed by atoms with van der Waals surface area (Å²) in [6.45, 7) is 5.83. The molecule has 0 bridgehead atoms. The molecular formula is C23H35N3O4S. The first kappa shape index (κ1) is 23.7. The number of piperidine rings is 2. The number of nitrogens with one attached hydrogen (secondary N) is 1. The molecule has 1 N–H and O–H groups in total. The SMILES string of the molecule is CCC(C(=O)N1CCC(NC(=O)C2CCN(S(=O)(=O)CC)CC2)CC1)c1ccccc1. The summed E-state index contributed by atoms with van der Waals surface area (Å²) in [5.41, 5.74) is 1.06. The molecule has 1 aromatic carbocycles. The number of carbonyl (C=O) groups is 2. The lowest BCUT2D eigenvalue weighted by Crippen LogP contribution is -2.50. The maximum absolute atomic E-state index is 13.0. The Balaban J connectivity index is 1.46. The van der Waals surface area contributed by atoms with Gasteiger partial charge in [-0.25, -0.2) is 12.7 Å². The summed E-state index contributed by atoms with van der Waals surface area (Å²) in [7, 11) is -3.18. The zero-order chi connectivity index (χ0) is 22.4. The summed E-state index contributed by atoms with van der Waals surface area (Å²) in [4.78, 5) is 27.6. The van der Waals surface area contributed by atoms with Crippen LogP contribution in [0.4, 0.5) is 0 Å². The van der Waals surface area contributed by atoms with Gasteiger partial charge in [-0.2, -0.15) is 0 Å². The predicted octanol–water partition coefficient (Wildman–Crippen LogP) is 2.35. The topological polar surface area (TPSA) is 86.8 Å². The molecule has 0 radical (unpaired) electrons. The van der Waals surface area contributed by atoms with Crippen molar-refractivity contribution in [1.82, 2.24) is 14.5 Å². The van der Waals surface area contributed by atoms with E-state index in [4.69, 9.17) is 0 Å². The van der Waals surface area contributed by atoms with Crippen molar-refractivity contribution in [3.8, 4) is 0 Å². The number of amides is 2. The molecule has 1 unspecified atom stereocenters. The van der Waals surface area contributed by atoms with Gasteiger partial charge in [0.15, 0.2) is 0 Å². The Bertz CT molecular complexity index is 843. The number of sulfonamides is 1. The molecule has 1 aromatic rings. The number of rotatable bonds is 7. The predicted molar refractivity (Wildman–Crippen MR) is 121 cm³/mol. The van der Waals surface area contributed by atoms with Crippen molar-refractivity contribution in [3.05, 3.63) is 35.9 Å². The second-order valence-electron chi connectivity index (χ2n) is 8.55. The molecule has 0 aromatic heterocycles. The fourth-order valence-electron chi connectivity index (χ4n) is 4.60. The molecule has 2 aliphatic heterocycles. The van der Waals surface area contributed by atoms with Gasteiger partial charge in [0.2, 0.25) is 21.8 Å². The summed E-state index contributed by atoms with van der Waals surface area (Å²) >= 11 is 0. The van der Waals surface area contributed by atoms with Gasteiger partial charge in [0.1, 0.15) is 0 Å². The smallest absolute Gasteiger partial charge is 0.230 e. The van der Waals surface area contributed by atoms with E-state index in [1.807, 2.05) is 42.2 Å². The van der Waals surface area contributed by atoms with Crippen molar-refractivity contribution in [2.24, 2.45) is 5.92 Å². The van der Waals surface area contributed by atoms with Crippen molar-refractivity contribution in [2.75, 3.05) is 31.9 Å². The second kappa shape index (κ2) is 10.6. The summed E-state index contributed by atoms with van der Waals surface area (Å²) in [6, 6.07) is 9.99. The van der Waals surface area contributed by atoms with E-state index in [0.29, 0.717) is 39.0 Å². The van der Waals surface area contributed by atoms with Gasteiger partial charge in [-0.3, -0.25) is 9.59 Å². The lowest BCUT2D eigenvalue weighted by Gasteiger charge is -2.36. The first-order chi connectivity index (χ1) is 14.9. The van der Waals surface area contributed by atoms with E-state index in [1.54, 1.807) is 6.92 Å². The van der Waals surface area contributed by atoms with Gasteiger partial charge in [-0.15, -0.1) is 0 Å². The molecule has 8 heteroatoms. The van der Waals surface area contributed by atoms with E-state index >= 15 is 0 Å². The molecule has 2 heterocycles. The number of hydrogen-bond donors (Lipinski definition) is 1. The summed E-state index contributed by atoms with van der Waals surface area (Å²) in [5, 5.41) is 3.15. The Morgan fingerprint density at radius 2 is 1.61 bits per heavy atom. The highest BCUT2D eigenvalue weighted by molar-refractivity contribution is 7.89. The van der Waals surface area contributed by atoms with Gasteiger partial charge in [0.25, 0.3) is 0 Å². The van der Waals surface area contributed by atoms with E-state index in [1.165, 1.54) is 4.31 Å². The Labute approximate surface area is 186 Å². The number of nitrogens with zero attached hydrogens (tertiary/aromatic N) is 2. The molecule has 172 valence electrons. The first-order valence-corrected chi connectivity index (χ1v) is 13.1. The average Bonchev–Trinajstić information content (AvgIpc) is 2.80. The van der Waals surface area contributed by atoms with Crippen LogP contribution in [-0.4, -0.2) is 67.4 Å². The minimum absolute atomic E-state index is 0.0223. The molecule has 0 aliphatic carbocycles. The van der Waals surface area contributed by atoms with Crippen LogP contribution < -0.4 is 5.32 Å². The molecule has 31 heavy (non-hydrogen) atoms. The fraction of sp³-hybridized carbons (Fsp3) is 0.652. The second-order valence-corrected chi connectivity index (χ2v) is 10.8. The molecule has 0 spiro atoms. The van der Waals surface area contributed by atoms with Crippen molar-refractivity contribution in [1.29, 1.82) is 0 Å². The van der Waals surface area contributed by atoms with Crippen molar-refractivity contribution >= 4 is 21.8 Å². The quantitative estimate of drug-likeness (QED) is 0.692. The van der Waals surface area contributed by atoms with E-state index in [-0.39, 0.29) is 35.4 Å². The molecule has 1 atom stereocenters. The highest BCUT2D eigenvalue weighted by Crippen LogP contribution is 2.25. The third kappa shape index (κ3) is 5.86. The summed E-state index contributed by atoms with van der Waals surface area (Å²) < 4.78 is 25.5. The normalized spacial score (nSPS) is 20.4. The largest absolute Gasteiger partial charge is 0.353 e. The lowest BCUT2D eigenvalue weighted by molar-refractivity contribution is -0.134. The van der Waals surface area contributed by atoms with Gasteiger partial charge in [0, 0.05) is 38.1 Å². The Morgan fingerprint density at radius 1 is 1.00 bits per heavy atom. The molecule has 2 aliphatic rings. The van der Waals surface area contributed by atoms with Crippen molar-refractivity contribution in [2.45, 2.75) is 57.9 Å². The van der Waals surface area contributed by atoms with Gasteiger partial charge >= 0.3 is 0 Å². The first-order valence-electron chi connectivity index (χ1n) is 11.5. The van der Waals surface area contributed by atoms with Gasteiger partial charge in [0.05, 0.1) is 11.7 Å². The minimum atomic E-state index is -3.18. The van der Waals surface area contributed by atoms with Crippen LogP contribution in [0.3, 0.4) is 0 Å². The van der Waals surface area contributed by atoms with E-state index in [2.05, 4.69) is 5.32 Å². The number of likely N-dealkylation sites (tertiary alicyclic amines) is 1. The highest BCUT2D eigenvalue weighted by Gasteiger charge is 2.33. The Hall–Kier alpha value is -1.93. The average molecular weight is 450 g/mol. The molecule has 3 rings (SSSR count). The summed E-state index contributed by atoms with van der Waals surface area (Å²) in [6.07, 6.45) is 3.42. The Kier molecular flexibility index (Phi) is 8.11. The molecule has 2 saturated heterocycles. The van der Waals surface area contributed by atoms with Crippen LogP contribution in [0, 0.1) is 5.92 Å². The third-order valence-corrected chi connectivity index (χ3v) is 8.53. The molecule has 2 amide bonds. The van der Waals surface area contributed by atoms with Crippen molar-refractivity contribution in [3.63, 3.8) is 0 Å². The Morgan fingerprint density at radius 3 is 2.16 bits per heavy atom. The number of benzene rings is 1. The zero-order valence-electron chi connectivity index (χ0n) is 18.6. The summed E-state index contributed by atoms with van der Waals surface area (Å²) in [5.74, 6) is 0.0455. The van der Waals surface area contributed by atoms with Crippen LogP contribution in [-0.2, 0) is 19.6 Å². The van der Waals surface area contributed by atoms with Crippen LogP contribution in [0.5, 0.6) is 0 Å². The molecular weight excluding hydrogens is 414 g/mol. The van der Waals surface area contributed by atoms with E-state index in [9.17, 15) is 18.0 Å². The van der Waals surface area contributed by atoms with Gasteiger partial charge in [-0.1, -0.05) is 37.3 Å². The van der Waals surface area contributed by atoms with Gasteiger partial charge < -0.3 is 10.2 Å². The number of hydrogen-bond acceptors (Lipinski definition) is 4. The maximum atomic E-state index is 13.0. The monoisotopic (exact) mass is 449 g/mol. The standard InChI is InChI=1S/C23H35N3O4S/c1-3-21(18-8-6-5-7-9-18)23(28)25-14-12-20(13-15-25)24-22(27)19-10-16-26(17-11-19)31(29,30)4-2/h5-9,19-21H,3-4,10-17H2,1-2H3,(H,24,27). The third-order valence-electron chi connectivity index (χ3n) is 6.64. The van der Waals surface area contributed by atoms with Crippen molar-refractivity contribution < 1.29 is 18.0 Å². The fourth-order valence-corrected chi connectivity index (χ4v) is 5.73. The molecule has 7 nitrogen and oxygen atoms in total. The van der Waals surface area contributed by atoms with Crippen LogP contribution in [0.15, 0.2) is 30.3 Å². The van der Waals surface area contributed by atoms with Crippen LogP contribution in [0.25, 0.3) is 0 Å².